The van der Waals surface area contributed by atoms with Gasteiger partial charge < -0.3 is 19.8 Å². The molecule has 1 aromatic rings. The van der Waals surface area contributed by atoms with Crippen LogP contribution in [0.25, 0.3) is 0 Å². The first-order valence-electron chi connectivity index (χ1n) is 14.5. The van der Waals surface area contributed by atoms with Gasteiger partial charge in [0.15, 0.2) is 0 Å². The summed E-state index contributed by atoms with van der Waals surface area (Å²) in [6.45, 7) is 3.86. The average Bonchev–Trinajstić information content (AvgIpc) is 3.21. The predicted molar refractivity (Wildman–Crippen MR) is 152 cm³/mol. The van der Waals surface area contributed by atoms with Gasteiger partial charge in [-0.25, -0.2) is 0 Å². The summed E-state index contributed by atoms with van der Waals surface area (Å²) in [6.07, 6.45) is 14.2. The van der Waals surface area contributed by atoms with Gasteiger partial charge in [0.2, 0.25) is 17.7 Å². The maximum absolute atomic E-state index is 14.5. The van der Waals surface area contributed by atoms with E-state index in [1.807, 2.05) is 40.1 Å². The molecular formula is C31H39N3O4S. The van der Waals surface area contributed by atoms with Gasteiger partial charge in [0.1, 0.15) is 6.04 Å². The monoisotopic (exact) mass is 549 g/mol. The van der Waals surface area contributed by atoms with E-state index in [9.17, 15) is 19.5 Å². The molecule has 2 saturated heterocycles. The van der Waals surface area contributed by atoms with Gasteiger partial charge in [0, 0.05) is 43.6 Å². The van der Waals surface area contributed by atoms with Gasteiger partial charge in [0.05, 0.1) is 16.6 Å². The molecule has 0 aromatic heterocycles. The van der Waals surface area contributed by atoms with Crippen LogP contribution in [0.4, 0.5) is 0 Å². The minimum Gasteiger partial charge on any atom is -0.396 e. The lowest BCUT2D eigenvalue weighted by molar-refractivity contribution is -0.146. The minimum atomic E-state index is -0.817. The molecule has 5 atom stereocenters. The lowest BCUT2D eigenvalue weighted by atomic mass is 9.74. The fraction of sp³-hybridized carbons (Fsp3) is 0.581. The van der Waals surface area contributed by atoms with Crippen LogP contribution in [-0.2, 0) is 20.9 Å². The third-order valence-electron chi connectivity index (χ3n) is 9.46. The van der Waals surface area contributed by atoms with Crippen molar-refractivity contribution in [3.8, 4) is 0 Å². The Kier molecular flexibility index (Phi) is 7.12. The van der Waals surface area contributed by atoms with Crippen molar-refractivity contribution in [3.05, 3.63) is 60.2 Å². The van der Waals surface area contributed by atoms with Gasteiger partial charge >= 0.3 is 0 Å². The van der Waals surface area contributed by atoms with Crippen LogP contribution < -0.4 is 0 Å². The quantitative estimate of drug-likeness (QED) is 0.551. The summed E-state index contributed by atoms with van der Waals surface area (Å²) in [7, 11) is 0. The van der Waals surface area contributed by atoms with E-state index in [4.69, 9.17) is 0 Å². The Labute approximate surface area is 235 Å². The van der Waals surface area contributed by atoms with E-state index < -0.39 is 27.4 Å². The summed E-state index contributed by atoms with van der Waals surface area (Å²) in [5.41, 5.74) is 1.05. The van der Waals surface area contributed by atoms with Crippen LogP contribution in [-0.4, -0.2) is 85.3 Å². The number of amides is 3. The van der Waals surface area contributed by atoms with Crippen molar-refractivity contribution < 1.29 is 19.5 Å². The van der Waals surface area contributed by atoms with Gasteiger partial charge in [0.25, 0.3) is 0 Å². The number of benzene rings is 1. The van der Waals surface area contributed by atoms with E-state index in [2.05, 4.69) is 31.2 Å². The predicted octanol–water partition coefficient (Wildman–Crippen LogP) is 3.39. The second kappa shape index (κ2) is 10.4. The Morgan fingerprint density at radius 1 is 0.923 bits per heavy atom. The highest BCUT2D eigenvalue weighted by Gasteiger charge is 2.73. The minimum absolute atomic E-state index is 0.00539. The number of carbonyl (C=O) groups excluding carboxylic acids is 3. The second-order valence-corrected chi connectivity index (χ2v) is 13.7. The van der Waals surface area contributed by atoms with Gasteiger partial charge in [-0.2, -0.15) is 0 Å². The van der Waals surface area contributed by atoms with Crippen molar-refractivity contribution in [3.63, 3.8) is 0 Å². The molecule has 1 N–H and O–H groups in total. The van der Waals surface area contributed by atoms with Crippen molar-refractivity contribution in [2.45, 2.75) is 73.6 Å². The molecule has 1 saturated carbocycles. The molecule has 0 bridgehead atoms. The summed E-state index contributed by atoms with van der Waals surface area (Å²) >= 11 is 1.64. The molecule has 4 heterocycles. The standard InChI is InChI=1S/C31H39N3O4S/c1-30-15-8-17-32(21-22-11-4-2-5-12-22)27(36)24(30)25-28(37)34(19-10-20-35)26-29(38)33(23-13-6-3-7-14-23)18-9-16-31(25,26)39-30/h2,4-5,8-9,11-12,15-16,23-26,35H,3,6-7,10,13-14,17-21H2,1H3/t24-,25-,26?,30+,31-/m0/s1. The summed E-state index contributed by atoms with van der Waals surface area (Å²) in [4.78, 5) is 48.7. The largest absolute Gasteiger partial charge is 0.396 e. The first-order chi connectivity index (χ1) is 18.9. The zero-order chi connectivity index (χ0) is 27.2. The molecule has 7 nitrogen and oxygen atoms in total. The van der Waals surface area contributed by atoms with Gasteiger partial charge in [-0.3, -0.25) is 14.4 Å². The molecule has 3 amide bonds. The lowest BCUT2D eigenvalue weighted by Gasteiger charge is -2.40. The third-order valence-corrected chi connectivity index (χ3v) is 11.3. The summed E-state index contributed by atoms with van der Waals surface area (Å²) in [5.74, 6) is -1.34. The van der Waals surface area contributed by atoms with E-state index in [1.165, 1.54) is 6.42 Å². The number of rotatable bonds is 6. The number of thioether (sulfide) groups is 1. The molecule has 1 unspecified atom stereocenters. The van der Waals surface area contributed by atoms with Crippen molar-refractivity contribution in [1.82, 2.24) is 14.7 Å². The van der Waals surface area contributed by atoms with E-state index >= 15 is 0 Å². The molecule has 5 aliphatic rings. The highest BCUT2D eigenvalue weighted by Crippen LogP contribution is 2.65. The fourth-order valence-corrected chi connectivity index (χ4v) is 9.90. The Bertz CT molecular complexity index is 1180. The normalized spacial score (nSPS) is 34.7. The van der Waals surface area contributed by atoms with Crippen LogP contribution in [0.15, 0.2) is 54.6 Å². The maximum atomic E-state index is 14.5. The zero-order valence-electron chi connectivity index (χ0n) is 22.7. The van der Waals surface area contributed by atoms with E-state index in [0.717, 1.165) is 31.2 Å². The van der Waals surface area contributed by atoms with Crippen LogP contribution >= 0.6 is 11.8 Å². The first-order valence-corrected chi connectivity index (χ1v) is 15.3. The van der Waals surface area contributed by atoms with Crippen molar-refractivity contribution in [1.29, 1.82) is 0 Å². The molecule has 39 heavy (non-hydrogen) atoms. The van der Waals surface area contributed by atoms with Crippen LogP contribution in [0.2, 0.25) is 0 Å². The number of aliphatic hydroxyl groups is 1. The van der Waals surface area contributed by atoms with E-state index in [-0.39, 0.29) is 30.4 Å². The van der Waals surface area contributed by atoms with Gasteiger partial charge in [-0.1, -0.05) is 73.9 Å². The highest BCUT2D eigenvalue weighted by molar-refractivity contribution is 8.02. The molecule has 6 rings (SSSR count). The molecule has 208 valence electrons. The van der Waals surface area contributed by atoms with Gasteiger partial charge in [-0.05, 0) is 31.7 Å². The first kappa shape index (κ1) is 26.6. The second-order valence-electron chi connectivity index (χ2n) is 11.9. The van der Waals surface area contributed by atoms with Crippen molar-refractivity contribution >= 4 is 29.5 Å². The van der Waals surface area contributed by atoms with Crippen LogP contribution in [0.1, 0.15) is 51.0 Å². The molecule has 1 aromatic carbocycles. The summed E-state index contributed by atoms with van der Waals surface area (Å²) in [5, 5.41) is 9.65. The average molecular weight is 550 g/mol. The number of likely N-dealkylation sites (tertiary alicyclic amines) is 1. The highest BCUT2D eigenvalue weighted by atomic mass is 32.2. The molecule has 0 radical (unpaired) electrons. The molecule has 3 fully saturated rings. The molecular weight excluding hydrogens is 510 g/mol. The van der Waals surface area contributed by atoms with Crippen LogP contribution in [0.5, 0.6) is 0 Å². The number of carbonyl (C=O) groups is 3. The van der Waals surface area contributed by atoms with Crippen LogP contribution in [0.3, 0.4) is 0 Å². The Morgan fingerprint density at radius 2 is 1.67 bits per heavy atom. The van der Waals surface area contributed by atoms with E-state index in [1.54, 1.807) is 16.7 Å². The summed E-state index contributed by atoms with van der Waals surface area (Å²) in [6, 6.07) is 9.48. The number of hydrogen-bond acceptors (Lipinski definition) is 5. The smallest absolute Gasteiger partial charge is 0.247 e. The Balaban J connectivity index is 1.40. The van der Waals surface area contributed by atoms with Crippen LogP contribution in [0, 0.1) is 11.8 Å². The fourth-order valence-electron chi connectivity index (χ4n) is 7.74. The van der Waals surface area contributed by atoms with Gasteiger partial charge in [-0.15, -0.1) is 11.8 Å². The number of nitrogens with zero attached hydrogens (tertiary/aromatic N) is 3. The number of aliphatic hydroxyl groups excluding tert-OH is 1. The third kappa shape index (κ3) is 4.34. The van der Waals surface area contributed by atoms with Crippen molar-refractivity contribution in [2.75, 3.05) is 26.2 Å². The Morgan fingerprint density at radius 3 is 2.41 bits per heavy atom. The number of hydrogen-bond donors (Lipinski definition) is 1. The lowest BCUT2D eigenvalue weighted by Crippen LogP contribution is -2.55. The zero-order valence-corrected chi connectivity index (χ0v) is 23.5. The molecule has 1 aliphatic carbocycles. The molecule has 8 heteroatoms. The van der Waals surface area contributed by atoms with Crippen molar-refractivity contribution in [2.24, 2.45) is 11.8 Å². The van der Waals surface area contributed by atoms with E-state index in [0.29, 0.717) is 32.6 Å². The maximum Gasteiger partial charge on any atom is 0.247 e. The Hall–Kier alpha value is -2.58. The SMILES string of the molecule is C[C@@]12C=CCN(Cc3ccccc3)C(=O)[C@@H]1[C@H]1C(=O)N(CCCO)C3C(=O)N(C4CCCCC4)CC=C[C@@]31S2. The topological polar surface area (TPSA) is 81.2 Å². The molecule has 4 aliphatic heterocycles. The molecule has 1 spiro atoms. The summed E-state index contributed by atoms with van der Waals surface area (Å²) < 4.78 is -1.42. The number of fused-ring (bicyclic) bond motifs is 2.